The Morgan fingerprint density at radius 2 is 2.12 bits per heavy atom. The molecule has 3 heteroatoms. The van der Waals surface area contributed by atoms with Crippen LogP contribution in [0.1, 0.15) is 26.1 Å². The van der Waals surface area contributed by atoms with Gasteiger partial charge in [-0.1, -0.05) is 26.0 Å². The van der Waals surface area contributed by atoms with Crippen LogP contribution in [0.25, 0.3) is 11.0 Å². The summed E-state index contributed by atoms with van der Waals surface area (Å²) >= 11 is 0. The van der Waals surface area contributed by atoms with Gasteiger partial charge in [-0.25, -0.2) is 4.98 Å². The second-order valence-corrected chi connectivity index (χ2v) is 4.51. The summed E-state index contributed by atoms with van der Waals surface area (Å²) < 4.78 is 2.00. The maximum absolute atomic E-state index is 12.0. The molecule has 3 nitrogen and oxygen atoms in total. The molecule has 1 heterocycles. The summed E-state index contributed by atoms with van der Waals surface area (Å²) in [5, 5.41) is 0. The Morgan fingerprint density at radius 3 is 2.82 bits per heavy atom. The van der Waals surface area contributed by atoms with Crippen molar-refractivity contribution in [2.75, 3.05) is 0 Å². The highest BCUT2D eigenvalue weighted by atomic mass is 16.1. The van der Waals surface area contributed by atoms with E-state index in [1.165, 1.54) is 0 Å². The third-order valence-electron chi connectivity index (χ3n) is 3.32. The van der Waals surface area contributed by atoms with Gasteiger partial charge in [-0.15, -0.1) is 0 Å². The van der Waals surface area contributed by atoms with Crippen molar-refractivity contribution in [2.45, 2.75) is 33.7 Å². The van der Waals surface area contributed by atoms with Gasteiger partial charge in [0.25, 0.3) is 0 Å². The minimum Gasteiger partial charge on any atom is -0.321 e. The predicted octanol–water partition coefficient (Wildman–Crippen LogP) is 2.96. The van der Waals surface area contributed by atoms with Gasteiger partial charge in [-0.2, -0.15) is 0 Å². The fourth-order valence-corrected chi connectivity index (χ4v) is 1.93. The Labute approximate surface area is 101 Å². The van der Waals surface area contributed by atoms with Gasteiger partial charge in [-0.05, 0) is 25.5 Å². The second-order valence-electron chi connectivity index (χ2n) is 4.51. The summed E-state index contributed by atoms with van der Waals surface area (Å²) in [4.78, 5) is 16.5. The fraction of sp³-hybridized carbons (Fsp3) is 0.429. The Hall–Kier alpha value is -1.64. The number of aryl methyl sites for hydroxylation is 1. The summed E-state index contributed by atoms with van der Waals surface area (Å²) in [7, 11) is 0. The monoisotopic (exact) mass is 230 g/mol. The Balaban J connectivity index is 2.35. The number of benzene rings is 1. The molecule has 0 saturated carbocycles. The van der Waals surface area contributed by atoms with Crippen LogP contribution >= 0.6 is 0 Å². The van der Waals surface area contributed by atoms with E-state index in [2.05, 4.69) is 4.98 Å². The molecule has 0 radical (unpaired) electrons. The van der Waals surface area contributed by atoms with E-state index < -0.39 is 0 Å². The fourth-order valence-electron chi connectivity index (χ4n) is 1.93. The van der Waals surface area contributed by atoms with E-state index >= 15 is 0 Å². The molecule has 0 bridgehead atoms. The van der Waals surface area contributed by atoms with Crippen molar-refractivity contribution >= 4 is 16.8 Å². The van der Waals surface area contributed by atoms with Crippen LogP contribution in [0.15, 0.2) is 24.3 Å². The number of fused-ring (bicyclic) bond motifs is 1. The minimum atomic E-state index is 0.121. The first-order valence-electron chi connectivity index (χ1n) is 6.08. The molecule has 90 valence electrons. The number of rotatable bonds is 4. The number of nitrogens with zero attached hydrogens (tertiary/aromatic N) is 2. The zero-order valence-electron chi connectivity index (χ0n) is 10.6. The van der Waals surface area contributed by atoms with Crippen LogP contribution in [-0.2, 0) is 11.3 Å². The number of imidazole rings is 1. The summed E-state index contributed by atoms with van der Waals surface area (Å²) in [6.45, 7) is 6.41. The maximum atomic E-state index is 12.0. The van der Waals surface area contributed by atoms with E-state index in [1.807, 2.05) is 49.6 Å². The first kappa shape index (κ1) is 11.8. The number of carbonyl (C=O) groups excluding carboxylic acids is 1. The van der Waals surface area contributed by atoms with Crippen molar-refractivity contribution in [1.82, 2.24) is 9.55 Å². The normalized spacial score (nSPS) is 12.9. The van der Waals surface area contributed by atoms with Gasteiger partial charge in [0.15, 0.2) is 5.78 Å². The number of ketones is 1. The maximum Gasteiger partial charge on any atom is 0.155 e. The van der Waals surface area contributed by atoms with Gasteiger partial charge in [0.2, 0.25) is 0 Å². The summed E-state index contributed by atoms with van der Waals surface area (Å²) in [5.41, 5.74) is 2.00. The van der Waals surface area contributed by atoms with E-state index in [9.17, 15) is 4.79 Å². The molecule has 0 aliphatic carbocycles. The Morgan fingerprint density at radius 1 is 1.41 bits per heavy atom. The number of Topliss-reactive ketones (excluding diaryl/α,β-unsaturated/α-hetero) is 1. The van der Waals surface area contributed by atoms with Crippen molar-refractivity contribution in [2.24, 2.45) is 5.92 Å². The smallest absolute Gasteiger partial charge is 0.155 e. The quantitative estimate of drug-likeness (QED) is 0.809. The van der Waals surface area contributed by atoms with Crippen LogP contribution in [-0.4, -0.2) is 15.3 Å². The molecule has 2 rings (SSSR count). The molecule has 17 heavy (non-hydrogen) atoms. The molecule has 1 aromatic carbocycles. The molecule has 1 unspecified atom stereocenters. The SMILES string of the molecule is CCC(C)C(=O)Cn1c(C)nc2ccccc21. The first-order chi connectivity index (χ1) is 8.13. The van der Waals surface area contributed by atoms with Crippen LogP contribution in [0.3, 0.4) is 0 Å². The van der Waals surface area contributed by atoms with Crippen molar-refractivity contribution in [3.8, 4) is 0 Å². The highest BCUT2D eigenvalue weighted by Gasteiger charge is 2.14. The number of para-hydroxylation sites is 2. The van der Waals surface area contributed by atoms with E-state index in [4.69, 9.17) is 0 Å². The number of carbonyl (C=O) groups is 1. The topological polar surface area (TPSA) is 34.9 Å². The largest absolute Gasteiger partial charge is 0.321 e. The third kappa shape index (κ3) is 2.23. The number of hydrogen-bond donors (Lipinski definition) is 0. The van der Waals surface area contributed by atoms with Crippen molar-refractivity contribution < 1.29 is 4.79 Å². The van der Waals surface area contributed by atoms with Crippen LogP contribution in [0.5, 0.6) is 0 Å². The minimum absolute atomic E-state index is 0.121. The highest BCUT2D eigenvalue weighted by Crippen LogP contribution is 2.16. The van der Waals surface area contributed by atoms with Gasteiger partial charge in [-0.3, -0.25) is 4.79 Å². The molecular formula is C14H18N2O. The molecule has 1 atom stereocenters. The average Bonchev–Trinajstić information content (AvgIpc) is 2.65. The molecule has 0 N–H and O–H groups in total. The van der Waals surface area contributed by atoms with E-state index in [0.29, 0.717) is 6.54 Å². The van der Waals surface area contributed by atoms with Crippen LogP contribution in [0, 0.1) is 12.8 Å². The number of hydrogen-bond acceptors (Lipinski definition) is 2. The molecular weight excluding hydrogens is 212 g/mol. The lowest BCUT2D eigenvalue weighted by Gasteiger charge is -2.10. The van der Waals surface area contributed by atoms with E-state index in [0.717, 1.165) is 23.3 Å². The van der Waals surface area contributed by atoms with E-state index in [-0.39, 0.29) is 11.7 Å². The molecule has 1 aromatic heterocycles. The van der Waals surface area contributed by atoms with Gasteiger partial charge in [0, 0.05) is 5.92 Å². The number of aromatic nitrogens is 2. The van der Waals surface area contributed by atoms with Gasteiger partial charge < -0.3 is 4.57 Å². The molecule has 0 spiro atoms. The molecule has 0 fully saturated rings. The molecule has 2 aromatic rings. The van der Waals surface area contributed by atoms with E-state index in [1.54, 1.807) is 0 Å². The lowest BCUT2D eigenvalue weighted by molar-refractivity contribution is -0.123. The van der Waals surface area contributed by atoms with Gasteiger partial charge in [0.05, 0.1) is 17.6 Å². The molecule has 0 amide bonds. The summed E-state index contributed by atoms with van der Waals surface area (Å²) in [6.07, 6.45) is 0.893. The summed E-state index contributed by atoms with van der Waals surface area (Å²) in [6, 6.07) is 7.94. The lowest BCUT2D eigenvalue weighted by Crippen LogP contribution is -2.18. The highest BCUT2D eigenvalue weighted by molar-refractivity contribution is 5.83. The third-order valence-corrected chi connectivity index (χ3v) is 3.32. The summed E-state index contributed by atoms with van der Waals surface area (Å²) in [5.74, 6) is 1.30. The standard InChI is InChI=1S/C14H18N2O/c1-4-10(2)14(17)9-16-11(3)15-12-7-5-6-8-13(12)16/h5-8,10H,4,9H2,1-3H3. The Kier molecular flexibility index (Phi) is 3.27. The van der Waals surface area contributed by atoms with Crippen molar-refractivity contribution in [1.29, 1.82) is 0 Å². The average molecular weight is 230 g/mol. The second kappa shape index (κ2) is 4.70. The molecule has 0 aliphatic rings. The zero-order chi connectivity index (χ0) is 12.4. The van der Waals surface area contributed by atoms with Crippen LogP contribution in [0.2, 0.25) is 0 Å². The molecule has 0 saturated heterocycles. The molecule has 0 aliphatic heterocycles. The van der Waals surface area contributed by atoms with Crippen LogP contribution < -0.4 is 0 Å². The van der Waals surface area contributed by atoms with Gasteiger partial charge in [0.1, 0.15) is 5.82 Å². The first-order valence-corrected chi connectivity index (χ1v) is 6.08. The predicted molar refractivity (Wildman–Crippen MR) is 68.9 cm³/mol. The lowest BCUT2D eigenvalue weighted by atomic mass is 10.0. The van der Waals surface area contributed by atoms with Crippen LogP contribution in [0.4, 0.5) is 0 Å². The van der Waals surface area contributed by atoms with Crippen molar-refractivity contribution in [3.63, 3.8) is 0 Å². The Bertz CT molecular complexity index is 542. The van der Waals surface area contributed by atoms with Crippen molar-refractivity contribution in [3.05, 3.63) is 30.1 Å². The zero-order valence-corrected chi connectivity index (χ0v) is 10.6. The van der Waals surface area contributed by atoms with Gasteiger partial charge >= 0.3 is 0 Å².